The van der Waals surface area contributed by atoms with Crippen molar-refractivity contribution in [2.24, 2.45) is 5.92 Å². The van der Waals surface area contributed by atoms with Crippen LogP contribution in [0.3, 0.4) is 0 Å². The lowest BCUT2D eigenvalue weighted by molar-refractivity contribution is 0.0976. The van der Waals surface area contributed by atoms with Gasteiger partial charge in [-0.1, -0.05) is 26.0 Å². The van der Waals surface area contributed by atoms with Crippen molar-refractivity contribution in [1.82, 2.24) is 10.6 Å². The Kier molecular flexibility index (Phi) is 9.16. The molecular formula is C22H27IN2O3S. The molecule has 0 atom stereocenters. The molecule has 2 aromatic rings. The van der Waals surface area contributed by atoms with E-state index in [9.17, 15) is 4.79 Å². The van der Waals surface area contributed by atoms with Gasteiger partial charge in [0.05, 0.1) is 13.7 Å². The van der Waals surface area contributed by atoms with Crippen LogP contribution in [0, 0.1) is 16.4 Å². The van der Waals surface area contributed by atoms with Gasteiger partial charge < -0.3 is 14.8 Å². The maximum Gasteiger partial charge on any atom is 0.257 e. The summed E-state index contributed by atoms with van der Waals surface area (Å²) in [4.78, 5) is 12.3. The Labute approximate surface area is 191 Å². The minimum absolute atomic E-state index is 0.230. The number of rotatable bonds is 8. The third-order valence-electron chi connectivity index (χ3n) is 4.29. The Morgan fingerprint density at radius 1 is 1.17 bits per heavy atom. The van der Waals surface area contributed by atoms with Gasteiger partial charge in [0.2, 0.25) is 0 Å². The summed E-state index contributed by atoms with van der Waals surface area (Å²) in [6, 6.07) is 11.3. The molecule has 0 bridgehead atoms. The number of hydrogen-bond donors (Lipinski definition) is 2. The maximum atomic E-state index is 12.3. The predicted molar refractivity (Wildman–Crippen MR) is 129 cm³/mol. The van der Waals surface area contributed by atoms with E-state index >= 15 is 0 Å². The zero-order valence-corrected chi connectivity index (χ0v) is 20.1. The number of methoxy groups -OCH3 is 1. The number of hydrogen-bond acceptors (Lipinski definition) is 4. The van der Waals surface area contributed by atoms with Crippen molar-refractivity contribution >= 4 is 45.8 Å². The van der Waals surface area contributed by atoms with Crippen molar-refractivity contribution < 1.29 is 14.3 Å². The predicted octanol–water partition coefficient (Wildman–Crippen LogP) is 4.84. The highest BCUT2D eigenvalue weighted by Gasteiger charge is 2.10. The van der Waals surface area contributed by atoms with Gasteiger partial charge in [0.1, 0.15) is 0 Å². The van der Waals surface area contributed by atoms with Crippen LogP contribution in [-0.2, 0) is 6.54 Å². The van der Waals surface area contributed by atoms with E-state index in [0.717, 1.165) is 26.9 Å². The molecule has 156 valence electrons. The van der Waals surface area contributed by atoms with Crippen LogP contribution >= 0.6 is 34.8 Å². The first-order valence-electron chi connectivity index (χ1n) is 9.45. The molecule has 2 N–H and O–H groups in total. The smallest absolute Gasteiger partial charge is 0.257 e. The minimum Gasteiger partial charge on any atom is -0.493 e. The fourth-order valence-corrected chi connectivity index (χ4v) is 3.16. The van der Waals surface area contributed by atoms with E-state index in [1.165, 1.54) is 0 Å². The molecule has 0 spiro atoms. The highest BCUT2D eigenvalue weighted by molar-refractivity contribution is 14.1. The van der Waals surface area contributed by atoms with Gasteiger partial charge in [-0.3, -0.25) is 10.1 Å². The SMILES string of the molecule is COc1cc(CNC(=S)NC(=O)c2ccc(C)c(I)c2)ccc1OCCC(C)C. The standard InChI is InChI=1S/C22H27IN2O3S/c1-14(2)9-10-28-19-8-6-16(11-20(19)27-4)13-24-22(29)25-21(26)17-7-5-15(3)18(23)12-17/h5-8,11-12,14H,9-10,13H2,1-4H3,(H2,24,25,26,29). The monoisotopic (exact) mass is 526 g/mol. The van der Waals surface area contributed by atoms with E-state index in [2.05, 4.69) is 47.1 Å². The van der Waals surface area contributed by atoms with Crippen molar-refractivity contribution in [3.05, 3.63) is 56.7 Å². The van der Waals surface area contributed by atoms with Crippen LogP contribution in [0.1, 0.15) is 41.8 Å². The second-order valence-corrected chi connectivity index (χ2v) is 8.69. The molecule has 5 nitrogen and oxygen atoms in total. The first-order chi connectivity index (χ1) is 13.8. The average Bonchev–Trinajstić information content (AvgIpc) is 2.68. The summed E-state index contributed by atoms with van der Waals surface area (Å²) in [6.07, 6.45) is 0.987. The Hall–Kier alpha value is -1.87. The molecule has 29 heavy (non-hydrogen) atoms. The van der Waals surface area contributed by atoms with Crippen molar-refractivity contribution in [1.29, 1.82) is 0 Å². The Balaban J connectivity index is 1.90. The lowest BCUT2D eigenvalue weighted by Crippen LogP contribution is -2.38. The van der Waals surface area contributed by atoms with Crippen LogP contribution in [0.15, 0.2) is 36.4 Å². The molecule has 0 radical (unpaired) electrons. The quantitative estimate of drug-likeness (QED) is 0.381. The summed E-state index contributed by atoms with van der Waals surface area (Å²) in [5.41, 5.74) is 2.68. The summed E-state index contributed by atoms with van der Waals surface area (Å²) in [7, 11) is 1.62. The van der Waals surface area contributed by atoms with Gasteiger partial charge in [0.15, 0.2) is 16.6 Å². The van der Waals surface area contributed by atoms with Crippen LogP contribution in [0.2, 0.25) is 0 Å². The van der Waals surface area contributed by atoms with Gasteiger partial charge in [0.25, 0.3) is 5.91 Å². The first-order valence-corrected chi connectivity index (χ1v) is 10.9. The van der Waals surface area contributed by atoms with E-state index in [0.29, 0.717) is 30.4 Å². The average molecular weight is 526 g/mol. The fourth-order valence-electron chi connectivity index (χ4n) is 2.48. The lowest BCUT2D eigenvalue weighted by atomic mass is 10.1. The van der Waals surface area contributed by atoms with Crippen LogP contribution in [-0.4, -0.2) is 24.7 Å². The molecule has 1 amide bonds. The van der Waals surface area contributed by atoms with E-state index in [-0.39, 0.29) is 11.0 Å². The van der Waals surface area contributed by atoms with Crippen molar-refractivity contribution in [2.75, 3.05) is 13.7 Å². The van der Waals surface area contributed by atoms with Gasteiger partial charge >= 0.3 is 0 Å². The molecular weight excluding hydrogens is 499 g/mol. The molecule has 2 rings (SSSR count). The number of halogens is 1. The highest BCUT2D eigenvalue weighted by atomic mass is 127. The summed E-state index contributed by atoms with van der Waals surface area (Å²) in [5.74, 6) is 1.76. The highest BCUT2D eigenvalue weighted by Crippen LogP contribution is 2.28. The number of thiocarbonyl (C=S) groups is 1. The molecule has 0 fully saturated rings. The van der Waals surface area contributed by atoms with E-state index < -0.39 is 0 Å². The van der Waals surface area contributed by atoms with Gasteiger partial charge in [-0.2, -0.15) is 0 Å². The molecule has 0 aliphatic heterocycles. The van der Waals surface area contributed by atoms with Crippen LogP contribution in [0.25, 0.3) is 0 Å². The lowest BCUT2D eigenvalue weighted by Gasteiger charge is -2.14. The fraction of sp³-hybridized carbons (Fsp3) is 0.364. The largest absolute Gasteiger partial charge is 0.493 e. The zero-order valence-electron chi connectivity index (χ0n) is 17.2. The van der Waals surface area contributed by atoms with E-state index in [1.807, 2.05) is 37.3 Å². The molecule has 0 unspecified atom stereocenters. The third kappa shape index (κ3) is 7.47. The summed E-state index contributed by atoms with van der Waals surface area (Å²) < 4.78 is 12.3. The van der Waals surface area contributed by atoms with Crippen molar-refractivity contribution in [2.45, 2.75) is 33.7 Å². The Morgan fingerprint density at radius 2 is 1.93 bits per heavy atom. The van der Waals surface area contributed by atoms with Crippen LogP contribution in [0.5, 0.6) is 11.5 Å². The number of amides is 1. The third-order valence-corrected chi connectivity index (χ3v) is 5.70. The summed E-state index contributed by atoms with van der Waals surface area (Å²) in [6.45, 7) is 7.45. The number of aryl methyl sites for hydroxylation is 1. The number of ether oxygens (including phenoxy) is 2. The zero-order chi connectivity index (χ0) is 21.4. The number of carbonyl (C=O) groups excluding carboxylic acids is 1. The van der Waals surface area contributed by atoms with Gasteiger partial charge in [0, 0.05) is 15.7 Å². The molecule has 7 heteroatoms. The van der Waals surface area contributed by atoms with Gasteiger partial charge in [-0.05, 0) is 89.5 Å². The normalized spacial score (nSPS) is 10.6. The molecule has 2 aromatic carbocycles. The molecule has 0 aromatic heterocycles. The molecule has 0 aliphatic rings. The van der Waals surface area contributed by atoms with E-state index in [1.54, 1.807) is 13.2 Å². The van der Waals surface area contributed by atoms with Crippen LogP contribution in [0.4, 0.5) is 0 Å². The number of benzene rings is 2. The molecule has 0 heterocycles. The Bertz CT molecular complexity index is 871. The van der Waals surface area contributed by atoms with Crippen LogP contribution < -0.4 is 20.1 Å². The second kappa shape index (κ2) is 11.3. The topological polar surface area (TPSA) is 59.6 Å². The maximum absolute atomic E-state index is 12.3. The van der Waals surface area contributed by atoms with Gasteiger partial charge in [-0.25, -0.2) is 0 Å². The van der Waals surface area contributed by atoms with E-state index in [4.69, 9.17) is 21.7 Å². The second-order valence-electron chi connectivity index (χ2n) is 7.12. The van der Waals surface area contributed by atoms with Gasteiger partial charge in [-0.15, -0.1) is 0 Å². The van der Waals surface area contributed by atoms with Crippen molar-refractivity contribution in [3.8, 4) is 11.5 Å². The number of carbonyl (C=O) groups is 1. The molecule has 0 aliphatic carbocycles. The molecule has 0 saturated heterocycles. The Morgan fingerprint density at radius 3 is 2.59 bits per heavy atom. The van der Waals surface area contributed by atoms with Crippen molar-refractivity contribution in [3.63, 3.8) is 0 Å². The minimum atomic E-state index is -0.230. The first kappa shape index (κ1) is 23.4. The summed E-state index contributed by atoms with van der Waals surface area (Å²) in [5, 5.41) is 6.05. The molecule has 0 saturated carbocycles. The summed E-state index contributed by atoms with van der Waals surface area (Å²) >= 11 is 7.47. The number of nitrogens with one attached hydrogen (secondary N) is 2.